The third kappa shape index (κ3) is 6.34. The van der Waals surface area contributed by atoms with Gasteiger partial charge in [0.25, 0.3) is 10.0 Å². The molecule has 0 aliphatic carbocycles. The molecule has 0 fully saturated rings. The fourth-order valence-electron chi connectivity index (χ4n) is 2.83. The molecule has 0 unspecified atom stereocenters. The van der Waals surface area contributed by atoms with Gasteiger partial charge in [-0.2, -0.15) is 5.10 Å². The van der Waals surface area contributed by atoms with Crippen LogP contribution in [0.25, 0.3) is 0 Å². The molecular weight excluding hydrogens is 526 g/mol. The number of rotatable bonds is 7. The van der Waals surface area contributed by atoms with Gasteiger partial charge in [-0.15, -0.1) is 0 Å². The normalized spacial score (nSPS) is 11.1. The second-order valence-corrected chi connectivity index (χ2v) is 9.84. The third-order valence-corrected chi connectivity index (χ3v) is 6.44. The van der Waals surface area contributed by atoms with E-state index in [0.29, 0.717) is 17.3 Å². The van der Waals surface area contributed by atoms with Gasteiger partial charge in [0.05, 0.1) is 23.3 Å². The highest BCUT2D eigenvalue weighted by Crippen LogP contribution is 2.17. The molecule has 0 saturated heterocycles. The standard InChI is InChI=1S/C21H18BrN7O2S2/c22-16-4-2-15(3-5-16)13-29-14-18(12-25-29)27-21(32)26-17-6-8-19(9-7-17)33(30,31)28-20-23-10-1-11-24-20/h1-12,14H,13H2,(H,23,24,28)(H2,26,27,32). The highest BCUT2D eigenvalue weighted by atomic mass is 79.9. The Hall–Kier alpha value is -3.35. The number of sulfonamides is 1. The van der Waals surface area contributed by atoms with Gasteiger partial charge in [-0.05, 0) is 60.2 Å². The Bertz CT molecular complexity index is 1340. The lowest BCUT2D eigenvalue weighted by molar-refractivity contribution is 0.601. The molecule has 0 saturated carbocycles. The van der Waals surface area contributed by atoms with E-state index in [0.717, 1.165) is 15.7 Å². The molecular formula is C21H18BrN7O2S2. The summed E-state index contributed by atoms with van der Waals surface area (Å²) in [4.78, 5) is 7.81. The van der Waals surface area contributed by atoms with Crippen molar-refractivity contribution in [3.8, 4) is 0 Å². The van der Waals surface area contributed by atoms with E-state index in [1.54, 1.807) is 29.1 Å². The van der Waals surface area contributed by atoms with Crippen LogP contribution in [-0.2, 0) is 16.6 Å². The van der Waals surface area contributed by atoms with E-state index in [-0.39, 0.29) is 10.8 Å². The minimum atomic E-state index is -3.80. The predicted molar refractivity (Wildman–Crippen MR) is 135 cm³/mol. The second-order valence-electron chi connectivity index (χ2n) is 6.83. The lowest BCUT2D eigenvalue weighted by Crippen LogP contribution is -2.19. The maximum absolute atomic E-state index is 12.5. The molecule has 0 bridgehead atoms. The van der Waals surface area contributed by atoms with Crippen LogP contribution in [0.1, 0.15) is 5.56 Å². The van der Waals surface area contributed by atoms with E-state index >= 15 is 0 Å². The van der Waals surface area contributed by atoms with E-state index in [4.69, 9.17) is 12.2 Å². The summed E-state index contributed by atoms with van der Waals surface area (Å²) in [6.07, 6.45) is 6.44. The second kappa shape index (κ2) is 10.1. The molecule has 2 heterocycles. The van der Waals surface area contributed by atoms with Gasteiger partial charge < -0.3 is 10.6 Å². The van der Waals surface area contributed by atoms with Crippen molar-refractivity contribution in [3.05, 3.63) is 89.4 Å². The number of thiocarbonyl (C=S) groups is 1. The number of hydrogen-bond acceptors (Lipinski definition) is 6. The molecule has 12 heteroatoms. The Kier molecular flexibility index (Phi) is 6.96. The highest BCUT2D eigenvalue weighted by molar-refractivity contribution is 9.10. The first-order valence-corrected chi connectivity index (χ1v) is 12.3. The topological polar surface area (TPSA) is 114 Å². The average molecular weight is 544 g/mol. The quantitative estimate of drug-likeness (QED) is 0.298. The zero-order valence-electron chi connectivity index (χ0n) is 17.0. The molecule has 0 amide bonds. The molecule has 0 atom stereocenters. The number of hydrogen-bond donors (Lipinski definition) is 3. The van der Waals surface area contributed by atoms with E-state index in [2.05, 4.69) is 46.4 Å². The monoisotopic (exact) mass is 543 g/mol. The summed E-state index contributed by atoms with van der Waals surface area (Å²) >= 11 is 8.78. The van der Waals surface area contributed by atoms with Crippen LogP contribution in [0.4, 0.5) is 17.3 Å². The van der Waals surface area contributed by atoms with Crippen molar-refractivity contribution in [1.29, 1.82) is 0 Å². The molecule has 0 spiro atoms. The lowest BCUT2D eigenvalue weighted by Gasteiger charge is -2.10. The van der Waals surface area contributed by atoms with Crippen molar-refractivity contribution in [1.82, 2.24) is 19.7 Å². The summed E-state index contributed by atoms with van der Waals surface area (Å²) in [5.41, 5.74) is 2.48. The van der Waals surface area contributed by atoms with Gasteiger partial charge in [-0.25, -0.2) is 23.1 Å². The first-order chi connectivity index (χ1) is 15.9. The summed E-state index contributed by atoms with van der Waals surface area (Å²) in [5.74, 6) is 0.00533. The summed E-state index contributed by atoms with van der Waals surface area (Å²) in [5, 5.41) is 10.8. The van der Waals surface area contributed by atoms with Crippen LogP contribution in [0.3, 0.4) is 0 Å². The molecule has 0 radical (unpaired) electrons. The number of halogens is 1. The van der Waals surface area contributed by atoms with Gasteiger partial charge in [0.2, 0.25) is 5.95 Å². The lowest BCUT2D eigenvalue weighted by atomic mass is 10.2. The number of benzene rings is 2. The Balaban J connectivity index is 1.33. The SMILES string of the molecule is O=S(=O)(Nc1ncccn1)c1ccc(NC(=S)Nc2cnn(Cc3ccc(Br)cc3)c2)cc1. The molecule has 0 aliphatic heterocycles. The molecule has 3 N–H and O–H groups in total. The summed E-state index contributed by atoms with van der Waals surface area (Å²) in [7, 11) is -3.80. The van der Waals surface area contributed by atoms with Crippen LogP contribution in [-0.4, -0.2) is 33.3 Å². The Morgan fingerprint density at radius 2 is 1.64 bits per heavy atom. The first-order valence-electron chi connectivity index (χ1n) is 9.62. The fourth-order valence-corrected chi connectivity index (χ4v) is 4.29. The molecule has 4 aromatic rings. The fraction of sp³-hybridized carbons (Fsp3) is 0.0476. The Morgan fingerprint density at radius 3 is 2.33 bits per heavy atom. The largest absolute Gasteiger partial charge is 0.332 e. The van der Waals surface area contributed by atoms with Gasteiger partial charge in [0, 0.05) is 28.8 Å². The van der Waals surface area contributed by atoms with Crippen molar-refractivity contribution in [2.45, 2.75) is 11.4 Å². The molecule has 2 aromatic heterocycles. The molecule has 168 valence electrons. The zero-order valence-corrected chi connectivity index (χ0v) is 20.2. The van der Waals surface area contributed by atoms with Crippen LogP contribution in [0.15, 0.2) is 88.8 Å². The summed E-state index contributed by atoms with van der Waals surface area (Å²) in [6.45, 7) is 0.632. The highest BCUT2D eigenvalue weighted by Gasteiger charge is 2.15. The molecule has 0 aliphatic rings. The zero-order chi connectivity index (χ0) is 23.3. The van der Waals surface area contributed by atoms with Gasteiger partial charge in [0.1, 0.15) is 0 Å². The molecule has 4 rings (SSSR count). The van der Waals surface area contributed by atoms with Crippen molar-refractivity contribution in [2.75, 3.05) is 15.4 Å². The Morgan fingerprint density at radius 1 is 0.970 bits per heavy atom. The molecule has 9 nitrogen and oxygen atoms in total. The third-order valence-electron chi connectivity index (χ3n) is 4.36. The summed E-state index contributed by atoms with van der Waals surface area (Å²) in [6, 6.07) is 15.8. The van der Waals surface area contributed by atoms with Gasteiger partial charge in [-0.3, -0.25) is 4.68 Å². The maximum Gasteiger partial charge on any atom is 0.264 e. The number of anilines is 3. The van der Waals surface area contributed by atoms with Crippen molar-refractivity contribution >= 4 is 60.6 Å². The van der Waals surface area contributed by atoms with E-state index in [9.17, 15) is 8.42 Å². The minimum absolute atomic E-state index is 0.00533. The van der Waals surface area contributed by atoms with Gasteiger partial charge in [-0.1, -0.05) is 28.1 Å². The summed E-state index contributed by atoms with van der Waals surface area (Å²) < 4.78 is 30.1. The van der Waals surface area contributed by atoms with E-state index in [1.807, 2.05) is 30.5 Å². The van der Waals surface area contributed by atoms with E-state index < -0.39 is 10.0 Å². The molecule has 2 aromatic carbocycles. The van der Waals surface area contributed by atoms with Crippen LogP contribution in [0.2, 0.25) is 0 Å². The van der Waals surface area contributed by atoms with Crippen molar-refractivity contribution < 1.29 is 8.42 Å². The number of aromatic nitrogens is 4. The minimum Gasteiger partial charge on any atom is -0.332 e. The van der Waals surface area contributed by atoms with Crippen molar-refractivity contribution in [3.63, 3.8) is 0 Å². The van der Waals surface area contributed by atoms with Crippen LogP contribution in [0.5, 0.6) is 0 Å². The van der Waals surface area contributed by atoms with Crippen molar-refractivity contribution in [2.24, 2.45) is 0 Å². The van der Waals surface area contributed by atoms with Gasteiger partial charge >= 0.3 is 0 Å². The molecule has 33 heavy (non-hydrogen) atoms. The number of nitrogens with zero attached hydrogens (tertiary/aromatic N) is 4. The smallest absolute Gasteiger partial charge is 0.264 e. The van der Waals surface area contributed by atoms with Crippen LogP contribution >= 0.6 is 28.1 Å². The number of nitrogens with one attached hydrogen (secondary N) is 3. The van der Waals surface area contributed by atoms with E-state index in [1.165, 1.54) is 24.5 Å². The van der Waals surface area contributed by atoms with Gasteiger partial charge in [0.15, 0.2) is 5.11 Å². The van der Waals surface area contributed by atoms with Crippen LogP contribution in [0, 0.1) is 0 Å². The average Bonchev–Trinajstić information content (AvgIpc) is 3.22. The maximum atomic E-state index is 12.5. The van der Waals surface area contributed by atoms with Crippen LogP contribution < -0.4 is 15.4 Å². The first kappa shape index (κ1) is 22.8. The Labute approximate surface area is 204 Å². The predicted octanol–water partition coefficient (Wildman–Crippen LogP) is 4.09.